The number of hydrogen-bond donors (Lipinski definition) is 1. The van der Waals surface area contributed by atoms with Crippen molar-refractivity contribution in [2.24, 2.45) is 0 Å². The van der Waals surface area contributed by atoms with E-state index in [0.29, 0.717) is 6.54 Å². The molecule has 0 bridgehead atoms. The maximum Gasteiger partial charge on any atom is 0.241 e. The summed E-state index contributed by atoms with van der Waals surface area (Å²) >= 11 is 0. The van der Waals surface area contributed by atoms with E-state index in [2.05, 4.69) is 5.32 Å². The molecule has 1 aliphatic rings. The van der Waals surface area contributed by atoms with Crippen LogP contribution in [0.25, 0.3) is 0 Å². The average molecular weight is 199 g/mol. The topological polar surface area (TPSA) is 52.7 Å². The molecule has 2 amide bonds. The molecule has 1 rings (SSSR count). The summed E-state index contributed by atoms with van der Waals surface area (Å²) < 4.78 is 0. The Balaban J connectivity index is 2.51. The molecular weight excluding hydrogens is 182 g/mol. The number of carbonyl (C=O) groups excluding carboxylic acids is 2. The highest BCUT2D eigenvalue weighted by molar-refractivity contribution is 5.87. The molecule has 1 N–H and O–H groups in total. The molecule has 1 unspecified atom stereocenters. The quantitative estimate of drug-likeness (QED) is 0.614. The molecular formula is C9H17N3O2. The van der Waals surface area contributed by atoms with Crippen molar-refractivity contribution in [3.8, 4) is 0 Å². The van der Waals surface area contributed by atoms with Crippen LogP contribution in [0.5, 0.6) is 0 Å². The zero-order chi connectivity index (χ0) is 10.7. The highest BCUT2D eigenvalue weighted by atomic mass is 16.2. The number of nitrogens with one attached hydrogen (secondary N) is 1. The number of carbonyl (C=O) groups is 2. The third kappa shape index (κ3) is 2.45. The average Bonchev–Trinajstić information content (AvgIpc) is 2.12. The lowest BCUT2D eigenvalue weighted by Gasteiger charge is -2.31. The molecule has 0 aliphatic carbocycles. The van der Waals surface area contributed by atoms with Crippen LogP contribution in [0, 0.1) is 0 Å². The molecule has 1 heterocycles. The minimum atomic E-state index is -0.168. The van der Waals surface area contributed by atoms with Gasteiger partial charge in [-0.1, -0.05) is 0 Å². The number of hydrogen-bond acceptors (Lipinski definition) is 3. The van der Waals surface area contributed by atoms with Crippen molar-refractivity contribution in [3.63, 3.8) is 0 Å². The summed E-state index contributed by atoms with van der Waals surface area (Å²) in [5.74, 6) is -0.0288. The standard InChI is InChI=1S/C9H17N3O2/c1-7-9(14)12(5-4-10-7)6-8(13)11(2)3/h7,10H,4-6H2,1-3H3. The van der Waals surface area contributed by atoms with Gasteiger partial charge in [0.05, 0.1) is 12.6 Å². The molecule has 1 saturated heterocycles. The van der Waals surface area contributed by atoms with E-state index < -0.39 is 0 Å². The Hall–Kier alpha value is -1.10. The van der Waals surface area contributed by atoms with Crippen molar-refractivity contribution in [3.05, 3.63) is 0 Å². The van der Waals surface area contributed by atoms with Gasteiger partial charge in [-0.2, -0.15) is 0 Å². The smallest absolute Gasteiger partial charge is 0.241 e. The van der Waals surface area contributed by atoms with Crippen LogP contribution in [0.2, 0.25) is 0 Å². The van der Waals surface area contributed by atoms with Crippen LogP contribution in [0.15, 0.2) is 0 Å². The summed E-state index contributed by atoms with van der Waals surface area (Å²) in [6.07, 6.45) is 0. The number of likely N-dealkylation sites (N-methyl/N-ethyl adjacent to an activating group) is 1. The molecule has 0 spiro atoms. The number of rotatable bonds is 2. The summed E-state index contributed by atoms with van der Waals surface area (Å²) in [4.78, 5) is 26.1. The minimum absolute atomic E-state index is 0.00597. The van der Waals surface area contributed by atoms with Gasteiger partial charge in [0, 0.05) is 27.2 Å². The lowest BCUT2D eigenvalue weighted by atomic mass is 10.2. The van der Waals surface area contributed by atoms with Gasteiger partial charge in [0.1, 0.15) is 0 Å². The van der Waals surface area contributed by atoms with Gasteiger partial charge in [0.25, 0.3) is 0 Å². The van der Waals surface area contributed by atoms with Crippen molar-refractivity contribution in [1.82, 2.24) is 15.1 Å². The molecule has 1 aliphatic heterocycles. The number of nitrogens with zero attached hydrogens (tertiary/aromatic N) is 2. The Labute approximate surface area is 84.0 Å². The fourth-order valence-electron chi connectivity index (χ4n) is 1.35. The van der Waals surface area contributed by atoms with Crippen LogP contribution in [0.1, 0.15) is 6.92 Å². The molecule has 0 radical (unpaired) electrons. The maximum absolute atomic E-state index is 11.6. The Morgan fingerprint density at radius 1 is 1.64 bits per heavy atom. The molecule has 0 aromatic rings. The maximum atomic E-state index is 11.6. The normalized spacial score (nSPS) is 22.4. The van der Waals surface area contributed by atoms with Crippen molar-refractivity contribution in [2.75, 3.05) is 33.7 Å². The second-order valence-electron chi connectivity index (χ2n) is 3.72. The lowest BCUT2D eigenvalue weighted by Crippen LogP contribution is -2.55. The van der Waals surface area contributed by atoms with Crippen LogP contribution in [-0.2, 0) is 9.59 Å². The van der Waals surface area contributed by atoms with E-state index in [1.165, 1.54) is 4.90 Å². The molecule has 14 heavy (non-hydrogen) atoms. The van der Waals surface area contributed by atoms with E-state index in [-0.39, 0.29) is 24.4 Å². The zero-order valence-electron chi connectivity index (χ0n) is 8.91. The van der Waals surface area contributed by atoms with Gasteiger partial charge in [-0.25, -0.2) is 0 Å². The first-order chi connectivity index (χ1) is 6.52. The molecule has 0 aromatic heterocycles. The Bertz CT molecular complexity index is 240. The third-order valence-electron chi connectivity index (χ3n) is 2.34. The first-order valence-electron chi connectivity index (χ1n) is 4.74. The van der Waals surface area contributed by atoms with E-state index in [1.807, 2.05) is 6.92 Å². The third-order valence-corrected chi connectivity index (χ3v) is 2.34. The largest absolute Gasteiger partial charge is 0.347 e. The minimum Gasteiger partial charge on any atom is -0.347 e. The molecule has 1 atom stereocenters. The molecule has 5 heteroatoms. The van der Waals surface area contributed by atoms with Gasteiger partial charge in [-0.05, 0) is 6.92 Å². The Kier molecular flexibility index (Phi) is 3.46. The first-order valence-corrected chi connectivity index (χ1v) is 4.74. The van der Waals surface area contributed by atoms with Crippen LogP contribution < -0.4 is 5.32 Å². The summed E-state index contributed by atoms with van der Waals surface area (Å²) in [6.45, 7) is 3.38. The van der Waals surface area contributed by atoms with Crippen molar-refractivity contribution >= 4 is 11.8 Å². The van der Waals surface area contributed by atoms with Crippen molar-refractivity contribution in [1.29, 1.82) is 0 Å². The van der Waals surface area contributed by atoms with Crippen molar-refractivity contribution < 1.29 is 9.59 Å². The second-order valence-corrected chi connectivity index (χ2v) is 3.72. The van der Waals surface area contributed by atoms with Gasteiger partial charge in [0.2, 0.25) is 11.8 Å². The zero-order valence-corrected chi connectivity index (χ0v) is 8.91. The van der Waals surface area contributed by atoms with Gasteiger partial charge in [-0.15, -0.1) is 0 Å². The summed E-state index contributed by atoms with van der Waals surface area (Å²) in [7, 11) is 3.39. The van der Waals surface area contributed by atoms with Crippen LogP contribution in [-0.4, -0.2) is 61.4 Å². The van der Waals surface area contributed by atoms with Crippen LogP contribution in [0.3, 0.4) is 0 Å². The van der Waals surface area contributed by atoms with E-state index >= 15 is 0 Å². The van der Waals surface area contributed by atoms with E-state index in [0.717, 1.165) is 6.54 Å². The molecule has 0 aromatic carbocycles. The highest BCUT2D eigenvalue weighted by Crippen LogP contribution is 2.00. The Morgan fingerprint density at radius 3 is 2.86 bits per heavy atom. The van der Waals surface area contributed by atoms with E-state index in [4.69, 9.17) is 0 Å². The lowest BCUT2D eigenvalue weighted by molar-refractivity contribution is -0.141. The van der Waals surface area contributed by atoms with E-state index in [9.17, 15) is 9.59 Å². The molecule has 1 fully saturated rings. The summed E-state index contributed by atoms with van der Waals surface area (Å²) in [6, 6.07) is -0.168. The highest BCUT2D eigenvalue weighted by Gasteiger charge is 2.26. The van der Waals surface area contributed by atoms with Gasteiger partial charge < -0.3 is 15.1 Å². The summed E-state index contributed by atoms with van der Waals surface area (Å²) in [5.41, 5.74) is 0. The molecule has 0 saturated carbocycles. The fourth-order valence-corrected chi connectivity index (χ4v) is 1.35. The predicted octanol–water partition coefficient (Wildman–Crippen LogP) is -1.11. The Morgan fingerprint density at radius 2 is 2.29 bits per heavy atom. The van der Waals surface area contributed by atoms with Crippen molar-refractivity contribution in [2.45, 2.75) is 13.0 Å². The first kappa shape index (κ1) is 11.0. The van der Waals surface area contributed by atoms with Gasteiger partial charge in [-0.3, -0.25) is 9.59 Å². The SMILES string of the molecule is CC1NCCN(CC(=O)N(C)C)C1=O. The number of piperazine rings is 1. The van der Waals surface area contributed by atoms with E-state index in [1.54, 1.807) is 19.0 Å². The molecule has 80 valence electrons. The number of amides is 2. The monoisotopic (exact) mass is 199 g/mol. The second kappa shape index (κ2) is 4.41. The van der Waals surface area contributed by atoms with Gasteiger partial charge >= 0.3 is 0 Å². The predicted molar refractivity (Wildman–Crippen MR) is 52.7 cm³/mol. The van der Waals surface area contributed by atoms with Crippen LogP contribution >= 0.6 is 0 Å². The van der Waals surface area contributed by atoms with Crippen LogP contribution in [0.4, 0.5) is 0 Å². The van der Waals surface area contributed by atoms with Gasteiger partial charge in [0.15, 0.2) is 0 Å². The molecule has 5 nitrogen and oxygen atoms in total. The fraction of sp³-hybridized carbons (Fsp3) is 0.778. The summed E-state index contributed by atoms with van der Waals surface area (Å²) in [5, 5.41) is 3.05.